The lowest BCUT2D eigenvalue weighted by Gasteiger charge is -2.18. The standard InChI is InChI=1S/C9H14N2O2.C7H12N2S.C4H7NO3S.C4H10.C2H6.C2H4.3C2H2/c12-6-11-5-1-2-8(11)9(13)10-7-3-4-7;1-3-6-5-10-7(9-6)8-4-2;6-3-5-9(7,8)4-1-2-4;1-4(2)3;5*1-2/h6-8H,1-5H2,(H,10,13);5H,3-4H2,1-2H3,(H,8,9);3-4H,1-2H2,(H,5,6);4H,1-3H3;1-2H3;1-2H2;3*1-2H/t8-;;;;;;;;/m0......../s1. The van der Waals surface area contributed by atoms with Gasteiger partial charge in [0, 0.05) is 24.5 Å². The second-order valence-electron chi connectivity index (χ2n) is 9.52. The van der Waals surface area contributed by atoms with Crippen LogP contribution in [-0.2, 0) is 30.8 Å². The van der Waals surface area contributed by atoms with E-state index in [-0.39, 0.29) is 23.6 Å². The summed E-state index contributed by atoms with van der Waals surface area (Å²) < 4.78 is 23.1. The molecule has 3 fully saturated rings. The Balaban J connectivity index is -0.000000154. The quantitative estimate of drug-likeness (QED) is 0.178. The van der Waals surface area contributed by atoms with E-state index in [2.05, 4.69) is 107 Å². The Hall–Kier alpha value is -3.79. The summed E-state index contributed by atoms with van der Waals surface area (Å²) in [6.45, 7) is 22.4. The highest BCUT2D eigenvalue weighted by Crippen LogP contribution is 2.26. The monoisotopic (exact) mass is 681 g/mol. The lowest BCUT2D eigenvalue weighted by Crippen LogP contribution is -2.43. The zero-order valence-corrected chi connectivity index (χ0v) is 30.7. The van der Waals surface area contributed by atoms with Crippen LogP contribution in [0.5, 0.6) is 0 Å². The van der Waals surface area contributed by atoms with Gasteiger partial charge < -0.3 is 15.5 Å². The van der Waals surface area contributed by atoms with Crippen LogP contribution in [0.2, 0.25) is 0 Å². The number of likely N-dealkylation sites (tertiary alicyclic amines) is 1. The van der Waals surface area contributed by atoms with E-state index in [1.165, 1.54) is 5.69 Å². The number of carbonyl (C=O) groups excluding carboxylic acids is 3. The van der Waals surface area contributed by atoms with E-state index in [0.29, 0.717) is 18.9 Å². The number of hydrogen-bond donors (Lipinski definition) is 3. The van der Waals surface area contributed by atoms with Gasteiger partial charge in [-0.3, -0.25) is 19.1 Å². The van der Waals surface area contributed by atoms with Crippen molar-refractivity contribution in [2.24, 2.45) is 5.92 Å². The van der Waals surface area contributed by atoms with Gasteiger partial charge in [0.1, 0.15) is 6.04 Å². The molecule has 0 spiro atoms. The number of anilines is 1. The summed E-state index contributed by atoms with van der Waals surface area (Å²) in [5.74, 6) is 0.868. The molecule has 2 aliphatic carbocycles. The van der Waals surface area contributed by atoms with Crippen LogP contribution in [0.25, 0.3) is 0 Å². The van der Waals surface area contributed by atoms with Gasteiger partial charge in [-0.15, -0.1) is 63.0 Å². The molecule has 2 heterocycles. The van der Waals surface area contributed by atoms with E-state index in [4.69, 9.17) is 0 Å². The number of amides is 3. The Morgan fingerprint density at radius 1 is 1.02 bits per heavy atom. The Kier molecular flexibility index (Phi) is 40.2. The van der Waals surface area contributed by atoms with Crippen LogP contribution in [-0.4, -0.2) is 67.5 Å². The maximum Gasteiger partial charge on any atom is 0.243 e. The van der Waals surface area contributed by atoms with Crippen molar-refractivity contribution in [2.75, 3.05) is 18.4 Å². The average Bonchev–Trinajstić information content (AvgIpc) is 4.01. The molecule has 1 atom stereocenters. The number of hydrogen-bond acceptors (Lipinski definition) is 8. The first-order valence-electron chi connectivity index (χ1n) is 15.2. The third kappa shape index (κ3) is 29.0. The molecule has 1 aromatic heterocycles. The maximum atomic E-state index is 11.6. The summed E-state index contributed by atoms with van der Waals surface area (Å²) in [5, 5.41) is 8.92. The van der Waals surface area contributed by atoms with E-state index in [9.17, 15) is 22.8 Å². The van der Waals surface area contributed by atoms with Crippen LogP contribution in [0.1, 0.15) is 92.7 Å². The third-order valence-electron chi connectivity index (χ3n) is 5.07. The summed E-state index contributed by atoms with van der Waals surface area (Å²) >= 11 is 1.68. The number of thiazole rings is 1. The third-order valence-corrected chi connectivity index (χ3v) is 7.70. The molecule has 1 saturated heterocycles. The van der Waals surface area contributed by atoms with E-state index in [1.54, 1.807) is 21.0 Å². The Bertz CT molecular complexity index is 1030. The first-order valence-corrected chi connectivity index (χ1v) is 17.6. The smallest absolute Gasteiger partial charge is 0.243 e. The number of nitrogens with zero attached hydrogens (tertiary/aromatic N) is 2. The number of aryl methyl sites for hydroxylation is 1. The molecule has 1 aliphatic heterocycles. The Morgan fingerprint density at radius 2 is 1.52 bits per heavy atom. The molecule has 2 saturated carbocycles. The van der Waals surface area contributed by atoms with Gasteiger partial charge in [0.25, 0.3) is 0 Å². The molecule has 4 rings (SSSR count). The van der Waals surface area contributed by atoms with Crippen LogP contribution >= 0.6 is 11.3 Å². The predicted octanol–water partition coefficient (Wildman–Crippen LogP) is 5.49. The van der Waals surface area contributed by atoms with Crippen LogP contribution in [0, 0.1) is 44.5 Å². The highest BCUT2D eigenvalue weighted by atomic mass is 32.2. The van der Waals surface area contributed by atoms with Gasteiger partial charge in [0.05, 0.1) is 10.9 Å². The Labute approximate surface area is 285 Å². The number of nitrogens with one attached hydrogen (secondary N) is 3. The normalized spacial score (nSPS) is 14.7. The van der Waals surface area contributed by atoms with Gasteiger partial charge in [-0.2, -0.15) is 0 Å². The summed E-state index contributed by atoms with van der Waals surface area (Å²) in [6.07, 6.45) is 31.3. The van der Waals surface area contributed by atoms with Crippen LogP contribution in [0.4, 0.5) is 5.13 Å². The van der Waals surface area contributed by atoms with Crippen molar-refractivity contribution in [3.63, 3.8) is 0 Å². The molecule has 46 heavy (non-hydrogen) atoms. The number of terminal acetylenes is 3. The zero-order chi connectivity index (χ0) is 37.1. The largest absolute Gasteiger partial charge is 0.362 e. The zero-order valence-electron chi connectivity index (χ0n) is 29.0. The molecular formula is C34H59N5O5S2. The van der Waals surface area contributed by atoms with E-state index >= 15 is 0 Å². The molecule has 0 aromatic carbocycles. The minimum Gasteiger partial charge on any atom is -0.362 e. The molecular weight excluding hydrogens is 623 g/mol. The van der Waals surface area contributed by atoms with Gasteiger partial charge in [-0.25, -0.2) is 13.4 Å². The molecule has 3 amide bonds. The SMILES string of the molecule is C#C.C#C.C#C.C=C.CC.CC(C)C.CCNc1nc(CC)cs1.O=CN1CCC[C@H]1C(=O)NC1CC1.O=CNS(=O)(=O)C1CC1. The number of rotatable bonds is 9. The second-order valence-corrected chi connectivity index (χ2v) is 12.4. The molecule has 12 heteroatoms. The first-order chi connectivity index (χ1) is 22.1. The lowest BCUT2D eigenvalue weighted by atomic mass is 10.2. The Morgan fingerprint density at radius 3 is 1.87 bits per heavy atom. The molecule has 0 radical (unpaired) electrons. The molecule has 10 nitrogen and oxygen atoms in total. The van der Waals surface area contributed by atoms with E-state index in [0.717, 1.165) is 62.7 Å². The molecule has 262 valence electrons. The van der Waals surface area contributed by atoms with Gasteiger partial charge in [0.2, 0.25) is 28.8 Å². The fourth-order valence-corrected chi connectivity index (χ4v) is 4.91. The summed E-state index contributed by atoms with van der Waals surface area (Å²) in [4.78, 5) is 37.7. The number of sulfonamides is 1. The highest BCUT2D eigenvalue weighted by molar-refractivity contribution is 7.90. The van der Waals surface area contributed by atoms with Crippen molar-refractivity contribution in [3.8, 4) is 38.5 Å². The van der Waals surface area contributed by atoms with E-state index < -0.39 is 10.0 Å². The van der Waals surface area contributed by atoms with Crippen LogP contribution in [0.15, 0.2) is 18.5 Å². The minimum absolute atomic E-state index is 0.0344. The van der Waals surface area contributed by atoms with E-state index in [1.807, 2.05) is 13.8 Å². The molecule has 0 bridgehead atoms. The van der Waals surface area contributed by atoms with Crippen molar-refractivity contribution >= 4 is 45.2 Å². The van der Waals surface area contributed by atoms with Crippen LogP contribution < -0.4 is 15.4 Å². The summed E-state index contributed by atoms with van der Waals surface area (Å²) in [7, 11) is -3.26. The van der Waals surface area contributed by atoms with Gasteiger partial charge in [-0.05, 0) is 57.8 Å². The van der Waals surface area contributed by atoms with Crippen LogP contribution in [0.3, 0.4) is 0 Å². The minimum atomic E-state index is -3.26. The predicted molar refractivity (Wildman–Crippen MR) is 197 cm³/mol. The summed E-state index contributed by atoms with van der Waals surface area (Å²) in [5.41, 5.74) is 1.18. The lowest BCUT2D eigenvalue weighted by molar-refractivity contribution is -0.131. The topological polar surface area (TPSA) is 138 Å². The van der Waals surface area contributed by atoms with Gasteiger partial charge in [-0.1, -0.05) is 41.5 Å². The van der Waals surface area contributed by atoms with Crippen molar-refractivity contribution in [2.45, 2.75) is 111 Å². The maximum absolute atomic E-state index is 11.6. The second kappa shape index (κ2) is 35.7. The molecule has 3 N–H and O–H groups in total. The fraction of sp³-hybridized carbons (Fsp3) is 0.588. The van der Waals surface area contributed by atoms with Gasteiger partial charge in [0.15, 0.2) is 5.13 Å². The summed E-state index contributed by atoms with van der Waals surface area (Å²) in [6, 6.07) is 0.194. The van der Waals surface area contributed by atoms with Crippen molar-refractivity contribution in [1.82, 2.24) is 19.9 Å². The van der Waals surface area contributed by atoms with Gasteiger partial charge >= 0.3 is 0 Å². The highest BCUT2D eigenvalue weighted by Gasteiger charge is 2.35. The van der Waals surface area contributed by atoms with Crippen molar-refractivity contribution in [3.05, 3.63) is 24.2 Å². The number of carbonyl (C=O) groups is 3. The molecule has 3 aliphatic rings. The average molecular weight is 682 g/mol. The van der Waals surface area contributed by atoms with Crippen molar-refractivity contribution in [1.29, 1.82) is 0 Å². The first kappa shape index (κ1) is 51.8. The fourth-order valence-electron chi connectivity index (χ4n) is 2.97. The molecule has 1 aromatic rings. The number of aromatic nitrogens is 1. The molecule has 0 unspecified atom stereocenters. The van der Waals surface area contributed by atoms with Crippen molar-refractivity contribution < 1.29 is 22.8 Å².